The second-order valence-corrected chi connectivity index (χ2v) is 4.87. The van der Waals surface area contributed by atoms with Crippen molar-refractivity contribution in [1.29, 1.82) is 0 Å². The van der Waals surface area contributed by atoms with E-state index in [1.165, 1.54) is 31.5 Å². The molecule has 2 heterocycles. The Morgan fingerprint density at radius 2 is 2.00 bits per heavy atom. The van der Waals surface area contributed by atoms with Gasteiger partial charge in [0.05, 0.1) is 0 Å². The molecule has 2 nitrogen and oxygen atoms in total. The van der Waals surface area contributed by atoms with E-state index in [1.807, 2.05) is 0 Å². The summed E-state index contributed by atoms with van der Waals surface area (Å²) in [5.74, 6) is 0.772. The van der Waals surface area contributed by atoms with Gasteiger partial charge in [0, 0.05) is 6.54 Å². The van der Waals surface area contributed by atoms with E-state index < -0.39 is 0 Å². The molecule has 1 aromatic heterocycles. The fourth-order valence-electron chi connectivity index (χ4n) is 2.02. The van der Waals surface area contributed by atoms with Gasteiger partial charge in [0.15, 0.2) is 0 Å². The van der Waals surface area contributed by atoms with Crippen molar-refractivity contribution in [3.05, 3.63) is 22.4 Å². The van der Waals surface area contributed by atoms with Crippen LogP contribution in [-0.2, 0) is 6.54 Å². The van der Waals surface area contributed by atoms with Crippen LogP contribution in [-0.4, -0.2) is 24.5 Å². The summed E-state index contributed by atoms with van der Waals surface area (Å²) in [5.41, 5.74) is 7.13. The molecule has 1 aromatic rings. The monoisotopic (exact) mass is 282 g/mol. The summed E-state index contributed by atoms with van der Waals surface area (Å²) in [6.07, 6.45) is 2.56. The molecule has 1 aliphatic rings. The summed E-state index contributed by atoms with van der Waals surface area (Å²) in [5, 5.41) is 4.40. The zero-order chi connectivity index (χ0) is 9.80. The molecular weight excluding hydrogens is 263 g/mol. The molecule has 1 aliphatic heterocycles. The lowest BCUT2D eigenvalue weighted by atomic mass is 9.97. The minimum absolute atomic E-state index is 0. The molecule has 0 bridgehead atoms. The van der Waals surface area contributed by atoms with Crippen LogP contribution in [0.3, 0.4) is 0 Å². The molecule has 0 aromatic carbocycles. The predicted molar refractivity (Wildman–Crippen MR) is 75.9 cm³/mol. The average Bonchev–Trinajstić information content (AvgIpc) is 2.72. The van der Waals surface area contributed by atoms with Crippen LogP contribution in [0.5, 0.6) is 0 Å². The Morgan fingerprint density at radius 1 is 1.31 bits per heavy atom. The summed E-state index contributed by atoms with van der Waals surface area (Å²) >= 11 is 1.79. The lowest BCUT2D eigenvalue weighted by molar-refractivity contribution is 0.180. The molecule has 16 heavy (non-hydrogen) atoms. The van der Waals surface area contributed by atoms with E-state index in [4.69, 9.17) is 5.73 Å². The number of rotatable bonds is 3. The molecule has 2 rings (SSSR count). The Labute approximate surface area is 114 Å². The molecule has 1 fully saturated rings. The van der Waals surface area contributed by atoms with E-state index in [0.717, 1.165) is 19.0 Å². The van der Waals surface area contributed by atoms with Crippen LogP contribution in [0.15, 0.2) is 16.8 Å². The molecule has 94 valence electrons. The molecule has 0 atom stereocenters. The zero-order valence-corrected chi connectivity index (χ0v) is 11.8. The number of likely N-dealkylation sites (tertiary alicyclic amines) is 1. The van der Waals surface area contributed by atoms with Gasteiger partial charge < -0.3 is 5.73 Å². The number of nitrogens with zero attached hydrogens (tertiary/aromatic N) is 1. The molecule has 0 spiro atoms. The van der Waals surface area contributed by atoms with Gasteiger partial charge in [0.25, 0.3) is 0 Å². The minimum Gasteiger partial charge on any atom is -0.330 e. The smallest absolute Gasteiger partial charge is 0.0241 e. The molecule has 0 radical (unpaired) electrons. The average molecular weight is 283 g/mol. The van der Waals surface area contributed by atoms with E-state index in [1.54, 1.807) is 11.3 Å². The second kappa shape index (κ2) is 8.31. The largest absolute Gasteiger partial charge is 0.330 e. The van der Waals surface area contributed by atoms with Crippen molar-refractivity contribution in [2.45, 2.75) is 19.4 Å². The number of halogens is 2. The number of piperidine rings is 1. The van der Waals surface area contributed by atoms with Gasteiger partial charge in [0.2, 0.25) is 0 Å². The van der Waals surface area contributed by atoms with Crippen molar-refractivity contribution in [2.24, 2.45) is 11.7 Å². The maximum absolute atomic E-state index is 5.67. The Balaban J connectivity index is 0.00000112. The first-order chi connectivity index (χ1) is 6.88. The maximum atomic E-state index is 5.67. The fraction of sp³-hybridized carbons (Fsp3) is 0.636. The van der Waals surface area contributed by atoms with Gasteiger partial charge in [0.1, 0.15) is 0 Å². The first-order valence-corrected chi connectivity index (χ1v) is 6.26. The quantitative estimate of drug-likeness (QED) is 0.924. The van der Waals surface area contributed by atoms with E-state index >= 15 is 0 Å². The third-order valence-corrected chi connectivity index (χ3v) is 3.76. The van der Waals surface area contributed by atoms with Gasteiger partial charge in [-0.1, -0.05) is 0 Å². The van der Waals surface area contributed by atoms with E-state index in [9.17, 15) is 0 Å². The van der Waals surface area contributed by atoms with Crippen LogP contribution < -0.4 is 5.73 Å². The van der Waals surface area contributed by atoms with Crippen molar-refractivity contribution in [1.82, 2.24) is 4.90 Å². The lowest BCUT2D eigenvalue weighted by Gasteiger charge is -2.30. The van der Waals surface area contributed by atoms with Gasteiger partial charge >= 0.3 is 0 Å². The first-order valence-electron chi connectivity index (χ1n) is 5.32. The predicted octanol–water partition coefficient (Wildman–Crippen LogP) is 2.76. The van der Waals surface area contributed by atoms with Crippen LogP contribution >= 0.6 is 36.2 Å². The van der Waals surface area contributed by atoms with Crippen molar-refractivity contribution >= 4 is 36.2 Å². The third kappa shape index (κ3) is 4.60. The molecule has 2 N–H and O–H groups in total. The maximum Gasteiger partial charge on any atom is 0.0241 e. The zero-order valence-electron chi connectivity index (χ0n) is 9.30. The highest BCUT2D eigenvalue weighted by molar-refractivity contribution is 7.07. The van der Waals surface area contributed by atoms with Crippen molar-refractivity contribution in [2.75, 3.05) is 19.6 Å². The van der Waals surface area contributed by atoms with Crippen molar-refractivity contribution < 1.29 is 0 Å². The Morgan fingerprint density at radius 3 is 2.50 bits per heavy atom. The van der Waals surface area contributed by atoms with Crippen LogP contribution in [0.25, 0.3) is 0 Å². The molecule has 0 aliphatic carbocycles. The normalized spacial score (nSPS) is 17.6. The molecule has 0 saturated carbocycles. The Hall–Kier alpha value is 0.200. The molecular formula is C11H20Cl2N2S. The number of nitrogens with two attached hydrogens (primary N) is 1. The SMILES string of the molecule is Cl.Cl.NCC1CCN(Cc2ccsc2)CC1. The lowest BCUT2D eigenvalue weighted by Crippen LogP contribution is -2.35. The van der Waals surface area contributed by atoms with Gasteiger partial charge in [-0.3, -0.25) is 4.90 Å². The van der Waals surface area contributed by atoms with Gasteiger partial charge in [-0.15, -0.1) is 24.8 Å². The van der Waals surface area contributed by atoms with Crippen LogP contribution in [0.1, 0.15) is 18.4 Å². The van der Waals surface area contributed by atoms with E-state index in [-0.39, 0.29) is 24.8 Å². The summed E-state index contributed by atoms with van der Waals surface area (Å²) in [4.78, 5) is 2.54. The summed E-state index contributed by atoms with van der Waals surface area (Å²) in [6, 6.07) is 2.22. The molecule has 1 saturated heterocycles. The van der Waals surface area contributed by atoms with Gasteiger partial charge in [-0.25, -0.2) is 0 Å². The van der Waals surface area contributed by atoms with Crippen LogP contribution in [0, 0.1) is 5.92 Å². The topological polar surface area (TPSA) is 29.3 Å². The summed E-state index contributed by atoms with van der Waals surface area (Å²) < 4.78 is 0. The standard InChI is InChI=1S/C11H18N2S.2ClH/c12-7-10-1-4-13(5-2-10)8-11-3-6-14-9-11;;/h3,6,9-10H,1-2,4-5,7-8,12H2;2*1H. The summed E-state index contributed by atoms with van der Waals surface area (Å²) in [6.45, 7) is 4.43. The first kappa shape index (κ1) is 16.2. The Bertz CT molecular complexity index is 259. The van der Waals surface area contributed by atoms with Crippen LogP contribution in [0.4, 0.5) is 0 Å². The highest BCUT2D eigenvalue weighted by atomic mass is 35.5. The highest BCUT2D eigenvalue weighted by Crippen LogP contribution is 2.18. The highest BCUT2D eigenvalue weighted by Gasteiger charge is 2.17. The van der Waals surface area contributed by atoms with Crippen LogP contribution in [0.2, 0.25) is 0 Å². The van der Waals surface area contributed by atoms with Crippen molar-refractivity contribution in [3.8, 4) is 0 Å². The second-order valence-electron chi connectivity index (χ2n) is 4.09. The molecule has 0 amide bonds. The number of thiophene rings is 1. The minimum atomic E-state index is 0. The fourth-order valence-corrected chi connectivity index (χ4v) is 2.68. The molecule has 0 unspecified atom stereocenters. The summed E-state index contributed by atoms with van der Waals surface area (Å²) in [7, 11) is 0. The van der Waals surface area contributed by atoms with E-state index in [2.05, 4.69) is 21.7 Å². The number of hydrogen-bond donors (Lipinski definition) is 1. The Kier molecular flexibility index (Phi) is 8.42. The van der Waals surface area contributed by atoms with Crippen molar-refractivity contribution in [3.63, 3.8) is 0 Å². The van der Waals surface area contributed by atoms with Gasteiger partial charge in [-0.2, -0.15) is 11.3 Å². The van der Waals surface area contributed by atoms with Gasteiger partial charge in [-0.05, 0) is 60.8 Å². The van der Waals surface area contributed by atoms with E-state index in [0.29, 0.717) is 0 Å². The number of hydrogen-bond acceptors (Lipinski definition) is 3. The third-order valence-electron chi connectivity index (χ3n) is 3.03. The molecule has 5 heteroatoms.